The van der Waals surface area contributed by atoms with Gasteiger partial charge in [0.2, 0.25) is 0 Å². The van der Waals surface area contributed by atoms with E-state index in [0.717, 1.165) is 17.2 Å². The Bertz CT molecular complexity index is 1660. The van der Waals surface area contributed by atoms with Gasteiger partial charge in [-0.25, -0.2) is 9.18 Å². The molecule has 8 heteroatoms. The number of pyridine rings is 1. The molecule has 3 aromatic heterocycles. The predicted octanol–water partition coefficient (Wildman–Crippen LogP) is 5.13. The molecular weight excluding hydrogens is 439 g/mol. The van der Waals surface area contributed by atoms with Crippen LogP contribution in [0.25, 0.3) is 39.8 Å². The molecule has 0 saturated heterocycles. The van der Waals surface area contributed by atoms with Gasteiger partial charge in [-0.05, 0) is 46.7 Å². The van der Waals surface area contributed by atoms with Crippen molar-refractivity contribution in [3.8, 4) is 17.5 Å². The Kier molecular flexibility index (Phi) is 5.04. The summed E-state index contributed by atoms with van der Waals surface area (Å²) in [4.78, 5) is 17.7. The molecule has 0 aliphatic rings. The third-order valence-corrected chi connectivity index (χ3v) is 6.25. The number of aryl methyl sites for hydroxylation is 1. The van der Waals surface area contributed by atoms with Crippen molar-refractivity contribution < 1.29 is 9.13 Å². The van der Waals surface area contributed by atoms with Gasteiger partial charge in [-0.1, -0.05) is 12.2 Å². The molecule has 0 spiro atoms. The maximum absolute atomic E-state index is 15.0. The lowest BCUT2D eigenvalue weighted by molar-refractivity contribution is 0.414. The van der Waals surface area contributed by atoms with Gasteiger partial charge in [0, 0.05) is 24.1 Å². The van der Waals surface area contributed by atoms with E-state index >= 15 is 0 Å². The van der Waals surface area contributed by atoms with Gasteiger partial charge >= 0.3 is 5.69 Å². The van der Waals surface area contributed by atoms with Crippen LogP contribution in [-0.2, 0) is 7.05 Å². The molecule has 0 amide bonds. The highest BCUT2D eigenvalue weighted by Crippen LogP contribution is 2.32. The highest BCUT2D eigenvalue weighted by molar-refractivity contribution is 7.08. The van der Waals surface area contributed by atoms with Gasteiger partial charge in [0.1, 0.15) is 11.6 Å². The molecule has 6 nitrogen and oxygen atoms in total. The van der Waals surface area contributed by atoms with E-state index in [0.29, 0.717) is 27.7 Å². The van der Waals surface area contributed by atoms with Crippen molar-refractivity contribution in [3.63, 3.8) is 0 Å². The Morgan fingerprint density at radius 2 is 2.06 bits per heavy atom. The SMILES string of the molecule is COc1cc2ncc3c(c2cc1/C=C/c1ccsc1)n(-c1ccc(C#N)cc1F)c(=O)n3C. The van der Waals surface area contributed by atoms with E-state index in [9.17, 15) is 9.18 Å². The third kappa shape index (κ3) is 3.39. The second kappa shape index (κ2) is 8.04. The van der Waals surface area contributed by atoms with Crippen LogP contribution in [0.4, 0.5) is 4.39 Å². The molecule has 0 saturated carbocycles. The molecule has 0 aliphatic heterocycles. The largest absolute Gasteiger partial charge is 0.496 e. The molecule has 33 heavy (non-hydrogen) atoms. The van der Waals surface area contributed by atoms with Crippen LogP contribution in [0.1, 0.15) is 16.7 Å². The van der Waals surface area contributed by atoms with Crippen LogP contribution in [0.3, 0.4) is 0 Å². The van der Waals surface area contributed by atoms with E-state index in [4.69, 9.17) is 10.00 Å². The van der Waals surface area contributed by atoms with E-state index < -0.39 is 11.5 Å². The molecule has 0 aliphatic carbocycles. The van der Waals surface area contributed by atoms with E-state index in [2.05, 4.69) is 4.98 Å². The molecular formula is C25H17FN4O2S. The van der Waals surface area contributed by atoms with Gasteiger partial charge < -0.3 is 4.74 Å². The summed E-state index contributed by atoms with van der Waals surface area (Å²) in [5.41, 5.74) is 3.42. The molecule has 5 rings (SSSR count). The van der Waals surface area contributed by atoms with Gasteiger partial charge in [0.05, 0.1) is 47.2 Å². The number of thiophene rings is 1. The van der Waals surface area contributed by atoms with Gasteiger partial charge in [-0.2, -0.15) is 16.6 Å². The Morgan fingerprint density at radius 3 is 2.76 bits per heavy atom. The van der Waals surface area contributed by atoms with E-state index in [-0.39, 0.29) is 11.3 Å². The predicted molar refractivity (Wildman–Crippen MR) is 128 cm³/mol. The molecule has 5 aromatic rings. The number of nitrogens with zero attached hydrogens (tertiary/aromatic N) is 4. The Hall–Kier alpha value is -4.22. The van der Waals surface area contributed by atoms with Crippen LogP contribution in [0.15, 0.2) is 58.1 Å². The van der Waals surface area contributed by atoms with Crippen molar-refractivity contribution in [1.29, 1.82) is 5.26 Å². The summed E-state index contributed by atoms with van der Waals surface area (Å²) >= 11 is 1.61. The molecule has 162 valence electrons. The summed E-state index contributed by atoms with van der Waals surface area (Å²) in [6.45, 7) is 0. The van der Waals surface area contributed by atoms with Crippen LogP contribution in [-0.4, -0.2) is 21.2 Å². The molecule has 0 N–H and O–H groups in total. The highest BCUT2D eigenvalue weighted by Gasteiger charge is 2.19. The number of fused-ring (bicyclic) bond motifs is 3. The maximum Gasteiger partial charge on any atom is 0.333 e. The minimum atomic E-state index is -0.653. The fraction of sp³-hybridized carbons (Fsp3) is 0.0800. The zero-order chi connectivity index (χ0) is 23.1. The molecule has 0 radical (unpaired) electrons. The van der Waals surface area contributed by atoms with Crippen molar-refractivity contribution in [2.45, 2.75) is 0 Å². The minimum absolute atomic E-state index is 0.0725. The number of nitriles is 1. The topological polar surface area (TPSA) is 72.8 Å². The second-order valence-corrected chi connectivity index (χ2v) is 8.23. The van der Waals surface area contributed by atoms with Crippen molar-refractivity contribution in [2.75, 3.05) is 7.11 Å². The summed E-state index contributed by atoms with van der Waals surface area (Å²) < 4.78 is 23.3. The number of hydrogen-bond donors (Lipinski definition) is 0. The summed E-state index contributed by atoms with van der Waals surface area (Å²) in [5.74, 6) is -0.0186. The molecule has 2 aromatic carbocycles. The lowest BCUT2D eigenvalue weighted by Gasteiger charge is -2.10. The van der Waals surface area contributed by atoms with Crippen molar-refractivity contribution >= 4 is 45.4 Å². The number of benzene rings is 2. The van der Waals surface area contributed by atoms with E-state index in [1.165, 1.54) is 21.3 Å². The first-order valence-electron chi connectivity index (χ1n) is 10.0. The highest BCUT2D eigenvalue weighted by atomic mass is 32.1. The number of methoxy groups -OCH3 is 1. The lowest BCUT2D eigenvalue weighted by Crippen LogP contribution is -2.21. The van der Waals surface area contributed by atoms with Crippen LogP contribution in [0, 0.1) is 17.1 Å². The number of ether oxygens (including phenoxy) is 1. The average molecular weight is 457 g/mol. The molecule has 0 unspecified atom stereocenters. The van der Waals surface area contributed by atoms with Gasteiger partial charge in [-0.15, -0.1) is 0 Å². The molecule has 0 atom stereocenters. The summed E-state index contributed by atoms with van der Waals surface area (Å²) in [5, 5.41) is 13.8. The number of imidazole rings is 1. The van der Waals surface area contributed by atoms with E-state index in [1.807, 2.05) is 41.1 Å². The van der Waals surface area contributed by atoms with Crippen LogP contribution in [0.5, 0.6) is 5.75 Å². The summed E-state index contributed by atoms with van der Waals surface area (Å²) in [7, 11) is 3.21. The standard InChI is InChI=1S/C25H17FN4O2S/c1-29-22-13-28-20-11-23(32-2)17(5-3-15-7-8-33-14-15)10-18(20)24(22)30(25(29)31)21-6-4-16(12-27)9-19(21)26/h3-11,13-14H,1-2H3/b5-3+. The Balaban J connectivity index is 1.83. The fourth-order valence-electron chi connectivity index (χ4n) is 3.89. The average Bonchev–Trinajstić information content (AvgIpc) is 3.44. The molecule has 3 heterocycles. The van der Waals surface area contributed by atoms with E-state index in [1.54, 1.807) is 37.8 Å². The maximum atomic E-state index is 15.0. The van der Waals surface area contributed by atoms with Gasteiger partial charge in [-0.3, -0.25) is 14.1 Å². The Labute approximate surface area is 192 Å². The van der Waals surface area contributed by atoms with Crippen LogP contribution in [0.2, 0.25) is 0 Å². The van der Waals surface area contributed by atoms with Crippen molar-refractivity contribution in [1.82, 2.24) is 14.1 Å². The summed E-state index contributed by atoms with van der Waals surface area (Å²) in [6, 6.07) is 11.7. The first kappa shape index (κ1) is 20.7. The first-order valence-corrected chi connectivity index (χ1v) is 10.9. The number of halogens is 1. The van der Waals surface area contributed by atoms with Crippen molar-refractivity contribution in [2.24, 2.45) is 7.05 Å². The normalized spacial score (nSPS) is 11.5. The quantitative estimate of drug-likeness (QED) is 0.376. The Morgan fingerprint density at radius 1 is 1.21 bits per heavy atom. The van der Waals surface area contributed by atoms with Gasteiger partial charge in [0.15, 0.2) is 0 Å². The molecule has 0 fully saturated rings. The zero-order valence-corrected chi connectivity index (χ0v) is 18.6. The van der Waals surface area contributed by atoms with Crippen molar-refractivity contribution in [3.05, 3.63) is 86.3 Å². The lowest BCUT2D eigenvalue weighted by atomic mass is 10.1. The van der Waals surface area contributed by atoms with Crippen LogP contribution < -0.4 is 10.4 Å². The first-order chi connectivity index (χ1) is 16.0. The summed E-state index contributed by atoms with van der Waals surface area (Å²) in [6.07, 6.45) is 5.51. The monoisotopic (exact) mass is 456 g/mol. The smallest absolute Gasteiger partial charge is 0.333 e. The minimum Gasteiger partial charge on any atom is -0.496 e. The van der Waals surface area contributed by atoms with Crippen LogP contribution >= 0.6 is 11.3 Å². The number of aromatic nitrogens is 3. The number of rotatable bonds is 4. The third-order valence-electron chi connectivity index (χ3n) is 5.55. The fourth-order valence-corrected chi connectivity index (χ4v) is 4.51. The van der Waals surface area contributed by atoms with Gasteiger partial charge in [0.25, 0.3) is 0 Å². The second-order valence-electron chi connectivity index (χ2n) is 7.45. The molecule has 0 bridgehead atoms. The number of hydrogen-bond acceptors (Lipinski definition) is 5. The zero-order valence-electron chi connectivity index (χ0n) is 17.7.